The number of carbonyl (C=O) groups excluding carboxylic acids is 1. The number of hydrogen-bond donors (Lipinski definition) is 0. The van der Waals surface area contributed by atoms with Gasteiger partial charge in [-0.1, -0.05) is 51.4 Å². The zero-order valence-electron chi connectivity index (χ0n) is 19.9. The van der Waals surface area contributed by atoms with Gasteiger partial charge >= 0.3 is 0 Å². The van der Waals surface area contributed by atoms with E-state index in [1.165, 1.54) is 0 Å². The summed E-state index contributed by atoms with van der Waals surface area (Å²) >= 11 is 3.51. The van der Waals surface area contributed by atoms with E-state index in [1.54, 1.807) is 7.11 Å². The van der Waals surface area contributed by atoms with E-state index in [0.717, 1.165) is 84.3 Å². The zero-order chi connectivity index (χ0) is 23.4. The monoisotopic (exact) mass is 511 g/mol. The van der Waals surface area contributed by atoms with Crippen LogP contribution in [0.2, 0.25) is 0 Å². The molecule has 0 bridgehead atoms. The molecule has 0 spiro atoms. The van der Waals surface area contributed by atoms with Gasteiger partial charge in [-0.2, -0.15) is 0 Å². The van der Waals surface area contributed by atoms with E-state index in [4.69, 9.17) is 4.84 Å². The van der Waals surface area contributed by atoms with Gasteiger partial charge in [-0.3, -0.25) is 4.79 Å². The van der Waals surface area contributed by atoms with Crippen molar-refractivity contribution in [1.29, 1.82) is 0 Å². The molecule has 33 heavy (non-hydrogen) atoms. The van der Waals surface area contributed by atoms with Crippen LogP contribution in [0.3, 0.4) is 0 Å². The summed E-state index contributed by atoms with van der Waals surface area (Å²) in [6.07, 6.45) is 4.26. The minimum Gasteiger partial charge on any atom is -0.399 e. The molecule has 5 nitrogen and oxygen atoms in total. The summed E-state index contributed by atoms with van der Waals surface area (Å²) in [5.74, 6) is 0.603. The molecular weight excluding hydrogens is 478 g/mol. The number of aryl methyl sites for hydroxylation is 2. The quantitative estimate of drug-likeness (QED) is 0.396. The molecule has 176 valence electrons. The van der Waals surface area contributed by atoms with Crippen LogP contribution in [-0.4, -0.2) is 60.7 Å². The van der Waals surface area contributed by atoms with Crippen LogP contribution in [0.1, 0.15) is 52.7 Å². The summed E-state index contributed by atoms with van der Waals surface area (Å²) in [6, 6.07) is 15.0. The van der Waals surface area contributed by atoms with Crippen LogP contribution in [0.25, 0.3) is 0 Å². The van der Waals surface area contributed by atoms with E-state index >= 15 is 0 Å². The maximum atomic E-state index is 13.1. The number of carbonyl (C=O) groups is 1. The summed E-state index contributed by atoms with van der Waals surface area (Å²) in [5.41, 5.74) is 5.22. The minimum absolute atomic E-state index is 0.192. The standard InChI is InChI=1S/C27H34BrN3O2/c1-19-5-4-6-20(2)25(19)27(32)31-17-13-24(14-18-31)30-15-11-22(12-16-30)26(29-33-3)21-7-9-23(28)10-8-21/h4-10,22,24H,11-18H2,1-3H3/b29-26-. The number of piperidine rings is 2. The first-order chi connectivity index (χ1) is 16.0. The maximum Gasteiger partial charge on any atom is 0.254 e. The molecule has 0 atom stereocenters. The third kappa shape index (κ3) is 5.49. The Labute approximate surface area is 205 Å². The molecular formula is C27H34BrN3O2. The van der Waals surface area contributed by atoms with Gasteiger partial charge in [0.1, 0.15) is 7.11 Å². The molecule has 2 fully saturated rings. The van der Waals surface area contributed by atoms with Crippen molar-refractivity contribution in [2.75, 3.05) is 33.3 Å². The first-order valence-electron chi connectivity index (χ1n) is 11.9. The summed E-state index contributed by atoms with van der Waals surface area (Å²) in [4.78, 5) is 23.0. The van der Waals surface area contributed by atoms with Crippen molar-refractivity contribution < 1.29 is 9.63 Å². The number of hydrogen-bond acceptors (Lipinski definition) is 4. The van der Waals surface area contributed by atoms with Crippen molar-refractivity contribution in [3.8, 4) is 0 Å². The Kier molecular flexibility index (Phi) is 7.86. The van der Waals surface area contributed by atoms with Gasteiger partial charge in [0.05, 0.1) is 5.71 Å². The van der Waals surface area contributed by atoms with Gasteiger partial charge in [-0.25, -0.2) is 0 Å². The molecule has 6 heteroatoms. The van der Waals surface area contributed by atoms with E-state index in [-0.39, 0.29) is 5.91 Å². The van der Waals surface area contributed by atoms with Gasteiger partial charge in [0.15, 0.2) is 0 Å². The molecule has 2 saturated heterocycles. The molecule has 0 radical (unpaired) electrons. The third-order valence-corrected chi connectivity index (χ3v) is 7.74. The summed E-state index contributed by atoms with van der Waals surface area (Å²) in [5, 5.41) is 4.40. The van der Waals surface area contributed by atoms with Crippen molar-refractivity contribution in [3.05, 3.63) is 69.2 Å². The Balaban J connectivity index is 1.32. The Morgan fingerprint density at radius 2 is 1.55 bits per heavy atom. The van der Waals surface area contributed by atoms with Crippen LogP contribution >= 0.6 is 15.9 Å². The molecule has 0 aliphatic carbocycles. The van der Waals surface area contributed by atoms with E-state index in [1.807, 2.05) is 32.0 Å². The second-order valence-electron chi connectivity index (χ2n) is 9.27. The smallest absolute Gasteiger partial charge is 0.254 e. The van der Waals surface area contributed by atoms with E-state index < -0.39 is 0 Å². The average molecular weight is 512 g/mol. The SMILES string of the molecule is CO/N=C(/c1ccc(Br)cc1)C1CCN(C2CCN(C(=O)c3c(C)cccc3C)CC2)CC1. The van der Waals surface area contributed by atoms with E-state index in [9.17, 15) is 4.79 Å². The molecule has 2 aromatic rings. The highest BCUT2D eigenvalue weighted by Gasteiger charge is 2.32. The van der Waals surface area contributed by atoms with Crippen molar-refractivity contribution in [2.24, 2.45) is 11.1 Å². The molecule has 2 aromatic carbocycles. The van der Waals surface area contributed by atoms with Crippen LogP contribution < -0.4 is 0 Å². The van der Waals surface area contributed by atoms with Gasteiger partial charge in [0.2, 0.25) is 0 Å². The van der Waals surface area contributed by atoms with Gasteiger partial charge in [-0.15, -0.1) is 0 Å². The third-order valence-electron chi connectivity index (χ3n) is 7.21. The van der Waals surface area contributed by atoms with Crippen LogP contribution in [0.15, 0.2) is 52.1 Å². The Morgan fingerprint density at radius 1 is 0.939 bits per heavy atom. The summed E-state index contributed by atoms with van der Waals surface area (Å²) in [7, 11) is 1.63. The minimum atomic E-state index is 0.192. The Bertz CT molecular complexity index is 969. The molecule has 2 aliphatic rings. The molecule has 2 heterocycles. The lowest BCUT2D eigenvalue weighted by molar-refractivity contribution is 0.0572. The van der Waals surface area contributed by atoms with E-state index in [2.05, 4.69) is 55.2 Å². The highest BCUT2D eigenvalue weighted by molar-refractivity contribution is 9.10. The van der Waals surface area contributed by atoms with Gasteiger partial charge in [0, 0.05) is 35.1 Å². The molecule has 4 rings (SSSR count). The topological polar surface area (TPSA) is 45.1 Å². The molecule has 0 saturated carbocycles. The van der Waals surface area contributed by atoms with E-state index in [0.29, 0.717) is 12.0 Å². The number of nitrogens with zero attached hydrogens (tertiary/aromatic N) is 3. The normalized spacial score (nSPS) is 19.0. The van der Waals surface area contributed by atoms with Crippen LogP contribution in [0, 0.1) is 19.8 Å². The number of amides is 1. The highest BCUT2D eigenvalue weighted by atomic mass is 79.9. The number of halogens is 1. The predicted octanol–water partition coefficient (Wildman–Crippen LogP) is 5.43. The van der Waals surface area contributed by atoms with Gasteiger partial charge in [-0.05, 0) is 81.4 Å². The lowest BCUT2D eigenvalue weighted by Gasteiger charge is -2.42. The van der Waals surface area contributed by atoms with Gasteiger partial charge in [0.25, 0.3) is 5.91 Å². The fourth-order valence-corrected chi connectivity index (χ4v) is 5.63. The second kappa shape index (κ2) is 10.8. The van der Waals surface area contributed by atoms with Crippen LogP contribution in [0.4, 0.5) is 0 Å². The molecule has 0 N–H and O–H groups in total. The summed E-state index contributed by atoms with van der Waals surface area (Å²) in [6.45, 7) is 7.89. The number of likely N-dealkylation sites (tertiary alicyclic amines) is 2. The number of benzene rings is 2. The summed E-state index contributed by atoms with van der Waals surface area (Å²) < 4.78 is 1.07. The zero-order valence-corrected chi connectivity index (χ0v) is 21.5. The largest absolute Gasteiger partial charge is 0.399 e. The fourth-order valence-electron chi connectivity index (χ4n) is 5.36. The maximum absolute atomic E-state index is 13.1. The predicted molar refractivity (Wildman–Crippen MR) is 137 cm³/mol. The molecule has 0 unspecified atom stereocenters. The lowest BCUT2D eigenvalue weighted by Crippen LogP contribution is -2.49. The molecule has 1 amide bonds. The first-order valence-corrected chi connectivity index (χ1v) is 12.7. The van der Waals surface area contributed by atoms with Gasteiger partial charge < -0.3 is 14.6 Å². The number of rotatable bonds is 5. The van der Waals surface area contributed by atoms with Crippen molar-refractivity contribution >= 4 is 27.5 Å². The average Bonchev–Trinajstić information content (AvgIpc) is 2.83. The van der Waals surface area contributed by atoms with Crippen molar-refractivity contribution in [1.82, 2.24) is 9.80 Å². The molecule has 0 aromatic heterocycles. The molecule has 2 aliphatic heterocycles. The number of oxime groups is 1. The fraction of sp³-hybridized carbons (Fsp3) is 0.481. The Hall–Kier alpha value is -2.18. The van der Waals surface area contributed by atoms with Crippen molar-refractivity contribution in [2.45, 2.75) is 45.6 Å². The lowest BCUT2D eigenvalue weighted by atomic mass is 9.87. The second-order valence-corrected chi connectivity index (χ2v) is 10.2. The highest BCUT2D eigenvalue weighted by Crippen LogP contribution is 2.28. The first kappa shape index (κ1) is 24.0. The van der Waals surface area contributed by atoms with Crippen molar-refractivity contribution in [3.63, 3.8) is 0 Å². The Morgan fingerprint density at radius 3 is 2.12 bits per heavy atom. The van der Waals surface area contributed by atoms with Crippen LogP contribution in [0.5, 0.6) is 0 Å². The van der Waals surface area contributed by atoms with Crippen LogP contribution in [-0.2, 0) is 4.84 Å².